The number of carbonyl (C=O) groups is 2. The van der Waals surface area contributed by atoms with Gasteiger partial charge in [0.2, 0.25) is 0 Å². The van der Waals surface area contributed by atoms with Crippen LogP contribution in [0.5, 0.6) is 0 Å². The first-order chi connectivity index (χ1) is 8.15. The van der Waals surface area contributed by atoms with E-state index in [1.807, 2.05) is 0 Å². The second-order valence-electron chi connectivity index (χ2n) is 3.30. The minimum absolute atomic E-state index is 0.459. The highest BCUT2D eigenvalue weighted by Crippen LogP contribution is 2.28. The van der Waals surface area contributed by atoms with Crippen molar-refractivity contribution in [2.45, 2.75) is 5.92 Å². The average Bonchev–Trinajstić information content (AvgIpc) is 2.87. The van der Waals surface area contributed by atoms with Gasteiger partial charge < -0.3 is 13.9 Å². The van der Waals surface area contributed by atoms with E-state index < -0.39 is 23.8 Å². The molecule has 5 heteroatoms. The molecule has 17 heavy (non-hydrogen) atoms. The average molecular weight is 238 g/mol. The summed E-state index contributed by atoms with van der Waals surface area (Å²) in [5.74, 6) is -2.62. The van der Waals surface area contributed by atoms with Crippen molar-refractivity contribution in [2.24, 2.45) is 5.92 Å². The van der Waals surface area contributed by atoms with Crippen LogP contribution in [0.25, 0.3) is 0 Å². The molecule has 0 bridgehead atoms. The molecule has 0 fully saturated rings. The van der Waals surface area contributed by atoms with Crippen molar-refractivity contribution in [3.63, 3.8) is 0 Å². The molecule has 92 valence electrons. The van der Waals surface area contributed by atoms with E-state index in [1.165, 1.54) is 26.6 Å². The molecule has 5 nitrogen and oxygen atoms in total. The van der Waals surface area contributed by atoms with E-state index in [0.29, 0.717) is 5.76 Å². The number of esters is 2. The highest BCUT2D eigenvalue weighted by atomic mass is 16.5. The number of hydrogen-bond donors (Lipinski definition) is 0. The van der Waals surface area contributed by atoms with Gasteiger partial charge in [-0.15, -0.1) is 6.58 Å². The number of hydrogen-bond acceptors (Lipinski definition) is 5. The maximum absolute atomic E-state index is 11.6. The van der Waals surface area contributed by atoms with Crippen molar-refractivity contribution >= 4 is 11.9 Å². The zero-order valence-corrected chi connectivity index (χ0v) is 9.71. The van der Waals surface area contributed by atoms with Crippen LogP contribution >= 0.6 is 0 Å². The zero-order valence-electron chi connectivity index (χ0n) is 9.71. The van der Waals surface area contributed by atoms with Gasteiger partial charge in [0, 0.05) is 0 Å². The molecule has 0 aromatic carbocycles. The van der Waals surface area contributed by atoms with Crippen LogP contribution in [0, 0.1) is 5.92 Å². The van der Waals surface area contributed by atoms with Gasteiger partial charge in [0.15, 0.2) is 5.92 Å². The fourth-order valence-electron chi connectivity index (χ4n) is 1.54. The molecule has 0 radical (unpaired) electrons. The molecular weight excluding hydrogens is 224 g/mol. The van der Waals surface area contributed by atoms with Crippen LogP contribution in [-0.4, -0.2) is 26.2 Å². The Morgan fingerprint density at radius 1 is 1.35 bits per heavy atom. The number of methoxy groups -OCH3 is 2. The molecule has 0 aliphatic heterocycles. The number of ether oxygens (including phenoxy) is 2. The Morgan fingerprint density at radius 3 is 2.29 bits per heavy atom. The lowest BCUT2D eigenvalue weighted by Gasteiger charge is -2.18. The summed E-state index contributed by atoms with van der Waals surface area (Å²) in [7, 11) is 2.42. The first-order valence-corrected chi connectivity index (χ1v) is 4.97. The van der Waals surface area contributed by atoms with Crippen LogP contribution < -0.4 is 0 Å². The maximum atomic E-state index is 11.6. The van der Waals surface area contributed by atoms with Crippen LogP contribution in [0.15, 0.2) is 35.5 Å². The van der Waals surface area contributed by atoms with E-state index in [1.54, 1.807) is 12.1 Å². The monoisotopic (exact) mass is 238 g/mol. The minimum atomic E-state index is -1.10. The first-order valence-electron chi connectivity index (χ1n) is 4.97. The largest absolute Gasteiger partial charge is 0.469 e. The molecule has 0 amide bonds. The summed E-state index contributed by atoms with van der Waals surface area (Å²) in [6, 6.07) is 3.32. The van der Waals surface area contributed by atoms with Crippen LogP contribution in [-0.2, 0) is 19.1 Å². The van der Waals surface area contributed by atoms with Gasteiger partial charge in [0.05, 0.1) is 26.4 Å². The quantitative estimate of drug-likeness (QED) is 0.442. The standard InChI is InChI=1S/C12H14O5/c1-4-8(9-6-5-7-17-9)10(11(13)15-2)12(14)16-3/h4-8,10H,1H2,2-3H3. The summed E-state index contributed by atoms with van der Waals surface area (Å²) >= 11 is 0. The summed E-state index contributed by atoms with van der Waals surface area (Å²) in [4.78, 5) is 23.2. The van der Waals surface area contributed by atoms with Crippen molar-refractivity contribution in [2.75, 3.05) is 14.2 Å². The summed E-state index contributed by atoms with van der Waals surface area (Å²) in [5, 5.41) is 0. The molecular formula is C12H14O5. The zero-order chi connectivity index (χ0) is 12.8. The van der Waals surface area contributed by atoms with E-state index in [4.69, 9.17) is 4.42 Å². The van der Waals surface area contributed by atoms with Gasteiger partial charge in [-0.25, -0.2) is 0 Å². The topological polar surface area (TPSA) is 65.7 Å². The summed E-state index contributed by atoms with van der Waals surface area (Å²) in [6.07, 6.45) is 2.91. The summed E-state index contributed by atoms with van der Waals surface area (Å²) in [5.41, 5.74) is 0. The van der Waals surface area contributed by atoms with Gasteiger partial charge >= 0.3 is 11.9 Å². The molecule has 1 heterocycles. The molecule has 0 spiro atoms. The minimum Gasteiger partial charge on any atom is -0.469 e. The van der Waals surface area contributed by atoms with Crippen LogP contribution in [0.1, 0.15) is 11.7 Å². The van der Waals surface area contributed by atoms with Gasteiger partial charge in [0.25, 0.3) is 0 Å². The number of furan rings is 1. The van der Waals surface area contributed by atoms with Gasteiger partial charge in [-0.3, -0.25) is 9.59 Å². The van der Waals surface area contributed by atoms with Crippen LogP contribution in [0.4, 0.5) is 0 Å². The van der Waals surface area contributed by atoms with Crippen molar-refractivity contribution in [3.05, 3.63) is 36.8 Å². The van der Waals surface area contributed by atoms with Crippen molar-refractivity contribution in [1.29, 1.82) is 0 Å². The molecule has 0 saturated carbocycles. The van der Waals surface area contributed by atoms with Crippen molar-refractivity contribution in [3.8, 4) is 0 Å². The molecule has 1 aromatic rings. The summed E-state index contributed by atoms with van der Waals surface area (Å²) in [6.45, 7) is 3.60. The van der Waals surface area contributed by atoms with E-state index in [0.717, 1.165) is 0 Å². The van der Waals surface area contributed by atoms with Crippen molar-refractivity contribution in [1.82, 2.24) is 0 Å². The fourth-order valence-corrected chi connectivity index (χ4v) is 1.54. The lowest BCUT2D eigenvalue weighted by Crippen LogP contribution is -2.31. The molecule has 1 rings (SSSR count). The highest BCUT2D eigenvalue weighted by Gasteiger charge is 2.37. The van der Waals surface area contributed by atoms with E-state index in [9.17, 15) is 9.59 Å². The Morgan fingerprint density at radius 2 is 1.94 bits per heavy atom. The second kappa shape index (κ2) is 5.89. The van der Waals surface area contributed by atoms with E-state index in [2.05, 4.69) is 16.1 Å². The third-order valence-electron chi connectivity index (χ3n) is 2.40. The number of carbonyl (C=O) groups excluding carboxylic acids is 2. The summed E-state index contributed by atoms with van der Waals surface area (Å²) < 4.78 is 14.3. The maximum Gasteiger partial charge on any atom is 0.321 e. The molecule has 1 unspecified atom stereocenters. The lowest BCUT2D eigenvalue weighted by molar-refractivity contribution is -0.159. The third-order valence-corrected chi connectivity index (χ3v) is 2.40. The Balaban J connectivity index is 3.06. The van der Waals surface area contributed by atoms with E-state index >= 15 is 0 Å². The van der Waals surface area contributed by atoms with Gasteiger partial charge in [-0.1, -0.05) is 6.08 Å². The Bertz CT molecular complexity index is 377. The number of rotatable bonds is 5. The third kappa shape index (κ3) is 2.75. The molecule has 1 atom stereocenters. The molecule has 0 aliphatic carbocycles. The smallest absolute Gasteiger partial charge is 0.321 e. The van der Waals surface area contributed by atoms with Gasteiger partial charge in [0.1, 0.15) is 5.76 Å². The molecule has 0 saturated heterocycles. The predicted molar refractivity (Wildman–Crippen MR) is 59.2 cm³/mol. The van der Waals surface area contributed by atoms with E-state index in [-0.39, 0.29) is 0 Å². The molecule has 1 aromatic heterocycles. The molecule has 0 N–H and O–H groups in total. The lowest BCUT2D eigenvalue weighted by atomic mass is 9.90. The van der Waals surface area contributed by atoms with Crippen LogP contribution in [0.2, 0.25) is 0 Å². The van der Waals surface area contributed by atoms with Gasteiger partial charge in [-0.2, -0.15) is 0 Å². The normalized spacial score (nSPS) is 11.9. The van der Waals surface area contributed by atoms with Crippen molar-refractivity contribution < 1.29 is 23.5 Å². The Labute approximate surface area is 99.0 Å². The van der Waals surface area contributed by atoms with Crippen LogP contribution in [0.3, 0.4) is 0 Å². The Hall–Kier alpha value is -2.04. The first kappa shape index (κ1) is 13.0. The fraction of sp³-hybridized carbons (Fsp3) is 0.333. The predicted octanol–water partition coefficient (Wildman–Crippen LogP) is 1.51. The van der Waals surface area contributed by atoms with Gasteiger partial charge in [-0.05, 0) is 12.1 Å². The molecule has 0 aliphatic rings. The number of allylic oxidation sites excluding steroid dienone is 1. The SMILES string of the molecule is C=CC(c1ccco1)C(C(=O)OC)C(=O)OC. The highest BCUT2D eigenvalue weighted by molar-refractivity contribution is 5.96. The Kier molecular flexibility index (Phi) is 4.51. The second-order valence-corrected chi connectivity index (χ2v) is 3.30.